The number of fused-ring (bicyclic) bond motifs is 1. The molecule has 2 rings (SSSR count). The lowest BCUT2D eigenvalue weighted by Crippen LogP contribution is -2.12. The van der Waals surface area contributed by atoms with Gasteiger partial charge in [-0.05, 0) is 6.07 Å². The van der Waals surface area contributed by atoms with Gasteiger partial charge in [0.2, 0.25) is 0 Å². The number of halogens is 1. The number of pyridine rings is 2. The van der Waals surface area contributed by atoms with Crippen LogP contribution in [0.4, 0.5) is 0 Å². The molecule has 72 valence electrons. The van der Waals surface area contributed by atoms with Crippen molar-refractivity contribution < 1.29 is 0 Å². The van der Waals surface area contributed by atoms with Gasteiger partial charge in [0.1, 0.15) is 0 Å². The summed E-state index contributed by atoms with van der Waals surface area (Å²) in [6, 6.07) is 1.81. The van der Waals surface area contributed by atoms with Crippen molar-refractivity contribution in [3.8, 4) is 0 Å². The topological polar surface area (TPSA) is 34.9 Å². The SMILES string of the molecule is Cn1cc(CCl)c(=O)c2cnccc21. The van der Waals surface area contributed by atoms with Gasteiger partial charge < -0.3 is 4.57 Å². The zero-order chi connectivity index (χ0) is 10.1. The van der Waals surface area contributed by atoms with Crippen LogP contribution in [0, 0.1) is 0 Å². The van der Waals surface area contributed by atoms with E-state index in [9.17, 15) is 4.79 Å². The number of hydrogen-bond donors (Lipinski definition) is 0. The van der Waals surface area contributed by atoms with Crippen LogP contribution in [0.15, 0.2) is 29.5 Å². The second kappa shape index (κ2) is 3.42. The van der Waals surface area contributed by atoms with E-state index in [1.165, 1.54) is 0 Å². The number of aryl methyl sites for hydroxylation is 1. The molecule has 0 aromatic carbocycles. The van der Waals surface area contributed by atoms with Gasteiger partial charge >= 0.3 is 0 Å². The van der Waals surface area contributed by atoms with Crippen molar-refractivity contribution in [2.24, 2.45) is 7.05 Å². The normalized spacial score (nSPS) is 10.7. The van der Waals surface area contributed by atoms with Crippen molar-refractivity contribution >= 4 is 22.5 Å². The van der Waals surface area contributed by atoms with Crippen molar-refractivity contribution in [1.29, 1.82) is 0 Å². The van der Waals surface area contributed by atoms with Crippen LogP contribution in [-0.2, 0) is 12.9 Å². The maximum atomic E-state index is 11.8. The predicted octanol–water partition coefficient (Wildman–Crippen LogP) is 1.67. The van der Waals surface area contributed by atoms with Crippen molar-refractivity contribution in [3.05, 3.63) is 40.4 Å². The quantitative estimate of drug-likeness (QED) is 0.669. The second-order valence-corrected chi connectivity index (χ2v) is 3.39. The van der Waals surface area contributed by atoms with Crippen LogP contribution in [0.3, 0.4) is 0 Å². The van der Waals surface area contributed by atoms with E-state index in [-0.39, 0.29) is 11.3 Å². The third-order valence-electron chi connectivity index (χ3n) is 2.21. The van der Waals surface area contributed by atoms with E-state index in [1.807, 2.05) is 17.7 Å². The molecular formula is C10H9ClN2O. The van der Waals surface area contributed by atoms with Gasteiger partial charge in [0.05, 0.1) is 16.8 Å². The molecule has 0 fully saturated rings. The summed E-state index contributed by atoms with van der Waals surface area (Å²) in [5, 5.41) is 0.619. The smallest absolute Gasteiger partial charge is 0.195 e. The lowest BCUT2D eigenvalue weighted by molar-refractivity contribution is 0.934. The Labute approximate surface area is 86.0 Å². The van der Waals surface area contributed by atoms with E-state index in [4.69, 9.17) is 11.6 Å². The fraction of sp³-hybridized carbons (Fsp3) is 0.200. The molecule has 0 spiro atoms. The molecule has 2 heterocycles. The number of alkyl halides is 1. The number of aromatic nitrogens is 2. The van der Waals surface area contributed by atoms with Gasteiger partial charge in [0.25, 0.3) is 0 Å². The summed E-state index contributed by atoms with van der Waals surface area (Å²) in [5.74, 6) is 0.234. The highest BCUT2D eigenvalue weighted by Crippen LogP contribution is 2.09. The first-order valence-electron chi connectivity index (χ1n) is 4.22. The molecule has 0 atom stereocenters. The molecule has 2 aromatic heterocycles. The monoisotopic (exact) mass is 208 g/mol. The molecule has 2 aromatic rings. The third kappa shape index (κ3) is 1.30. The zero-order valence-corrected chi connectivity index (χ0v) is 8.45. The Hall–Kier alpha value is -1.35. The van der Waals surface area contributed by atoms with E-state index in [0.717, 1.165) is 5.52 Å². The van der Waals surface area contributed by atoms with Crippen molar-refractivity contribution in [3.63, 3.8) is 0 Å². The Kier molecular flexibility index (Phi) is 2.25. The second-order valence-electron chi connectivity index (χ2n) is 3.12. The van der Waals surface area contributed by atoms with Gasteiger partial charge in [0.15, 0.2) is 5.43 Å². The summed E-state index contributed by atoms with van der Waals surface area (Å²) in [4.78, 5) is 15.7. The van der Waals surface area contributed by atoms with Crippen LogP contribution in [0.25, 0.3) is 10.9 Å². The molecule has 4 heteroatoms. The predicted molar refractivity (Wildman–Crippen MR) is 56.5 cm³/mol. The molecule has 0 saturated carbocycles. The average molecular weight is 209 g/mol. The van der Waals surface area contributed by atoms with Crippen LogP contribution in [0.1, 0.15) is 5.56 Å². The van der Waals surface area contributed by atoms with Crippen LogP contribution < -0.4 is 5.43 Å². The van der Waals surface area contributed by atoms with Gasteiger partial charge in [-0.25, -0.2) is 0 Å². The minimum Gasteiger partial charge on any atom is -0.350 e. The minimum atomic E-state index is -0.0267. The molecule has 0 aliphatic carbocycles. The van der Waals surface area contributed by atoms with Crippen LogP contribution >= 0.6 is 11.6 Å². The van der Waals surface area contributed by atoms with E-state index >= 15 is 0 Å². The first-order valence-corrected chi connectivity index (χ1v) is 4.75. The molecule has 0 amide bonds. The lowest BCUT2D eigenvalue weighted by atomic mass is 10.2. The highest BCUT2D eigenvalue weighted by Gasteiger charge is 2.05. The van der Waals surface area contributed by atoms with Crippen LogP contribution in [0.2, 0.25) is 0 Å². The Morgan fingerprint density at radius 2 is 2.36 bits per heavy atom. The van der Waals surface area contributed by atoms with Crippen molar-refractivity contribution in [2.75, 3.05) is 0 Å². The minimum absolute atomic E-state index is 0.0267. The van der Waals surface area contributed by atoms with Crippen LogP contribution in [-0.4, -0.2) is 9.55 Å². The molecule has 0 unspecified atom stereocenters. The summed E-state index contributed by atoms with van der Waals surface area (Å²) >= 11 is 5.67. The van der Waals surface area contributed by atoms with E-state index in [2.05, 4.69) is 4.98 Å². The molecule has 0 N–H and O–H groups in total. The molecule has 14 heavy (non-hydrogen) atoms. The molecule has 0 radical (unpaired) electrons. The van der Waals surface area contributed by atoms with E-state index in [1.54, 1.807) is 18.6 Å². The summed E-state index contributed by atoms with van der Waals surface area (Å²) < 4.78 is 1.89. The average Bonchev–Trinajstić information content (AvgIpc) is 2.23. The Balaban J connectivity index is 2.95. The molecule has 0 aliphatic heterocycles. The first-order chi connectivity index (χ1) is 6.74. The fourth-order valence-electron chi connectivity index (χ4n) is 1.50. The van der Waals surface area contributed by atoms with E-state index in [0.29, 0.717) is 10.9 Å². The first kappa shape index (κ1) is 9.21. The summed E-state index contributed by atoms with van der Waals surface area (Å²) in [5.41, 5.74) is 1.45. The maximum Gasteiger partial charge on any atom is 0.195 e. The highest BCUT2D eigenvalue weighted by atomic mass is 35.5. The molecule has 0 saturated heterocycles. The maximum absolute atomic E-state index is 11.8. The molecular weight excluding hydrogens is 200 g/mol. The number of nitrogens with zero attached hydrogens (tertiary/aromatic N) is 2. The zero-order valence-electron chi connectivity index (χ0n) is 7.70. The molecule has 0 aliphatic rings. The Morgan fingerprint density at radius 1 is 1.57 bits per heavy atom. The van der Waals surface area contributed by atoms with Gasteiger partial charge in [0, 0.05) is 31.2 Å². The Bertz CT molecular complexity index is 533. The number of rotatable bonds is 1. The Morgan fingerprint density at radius 3 is 3.07 bits per heavy atom. The lowest BCUT2D eigenvalue weighted by Gasteiger charge is -2.06. The van der Waals surface area contributed by atoms with Gasteiger partial charge in [-0.1, -0.05) is 0 Å². The number of hydrogen-bond acceptors (Lipinski definition) is 2. The third-order valence-corrected chi connectivity index (χ3v) is 2.50. The fourth-order valence-corrected chi connectivity index (χ4v) is 1.69. The largest absolute Gasteiger partial charge is 0.350 e. The highest BCUT2D eigenvalue weighted by molar-refractivity contribution is 6.17. The van der Waals surface area contributed by atoms with Gasteiger partial charge in [-0.3, -0.25) is 9.78 Å². The molecule has 0 bridgehead atoms. The van der Waals surface area contributed by atoms with Crippen LogP contribution in [0.5, 0.6) is 0 Å². The summed E-state index contributed by atoms with van der Waals surface area (Å²) in [6.45, 7) is 0. The van der Waals surface area contributed by atoms with E-state index < -0.39 is 0 Å². The summed E-state index contributed by atoms with van der Waals surface area (Å²) in [7, 11) is 1.89. The standard InChI is InChI=1S/C10H9ClN2O/c1-13-6-7(4-11)10(14)8-5-12-3-2-9(8)13/h2-3,5-6H,4H2,1H3. The van der Waals surface area contributed by atoms with Crippen molar-refractivity contribution in [1.82, 2.24) is 9.55 Å². The van der Waals surface area contributed by atoms with Gasteiger partial charge in [-0.15, -0.1) is 11.6 Å². The van der Waals surface area contributed by atoms with Crippen molar-refractivity contribution in [2.45, 2.75) is 5.88 Å². The van der Waals surface area contributed by atoms with Gasteiger partial charge in [-0.2, -0.15) is 0 Å². The summed E-state index contributed by atoms with van der Waals surface area (Å²) in [6.07, 6.45) is 5.01. The molecule has 3 nitrogen and oxygen atoms in total.